The van der Waals surface area contributed by atoms with Crippen molar-refractivity contribution in [1.29, 1.82) is 0 Å². The number of rotatable bonds is 2. The van der Waals surface area contributed by atoms with Crippen LogP contribution in [0.4, 0.5) is 0 Å². The Hall–Kier alpha value is -3.76. The van der Waals surface area contributed by atoms with E-state index in [0.717, 1.165) is 21.9 Å². The van der Waals surface area contributed by atoms with Gasteiger partial charge in [0.1, 0.15) is 24.2 Å². The van der Waals surface area contributed by atoms with Gasteiger partial charge in [0.2, 0.25) is 11.8 Å². The van der Waals surface area contributed by atoms with E-state index >= 15 is 0 Å². The van der Waals surface area contributed by atoms with Gasteiger partial charge in [0.05, 0.1) is 12.0 Å². The van der Waals surface area contributed by atoms with E-state index in [1.165, 1.54) is 11.9 Å². The predicted octanol–water partition coefficient (Wildman–Crippen LogP) is 2.61. The molecule has 2 aromatic carbocycles. The summed E-state index contributed by atoms with van der Waals surface area (Å²) in [6.07, 6.45) is 2.95. The first kappa shape index (κ1) is 30.2. The molecule has 0 spiro atoms. The van der Waals surface area contributed by atoms with E-state index in [4.69, 9.17) is 4.74 Å². The molecule has 0 aromatic heterocycles. The number of hydrogen-bond acceptors (Lipinski definition) is 7. The Morgan fingerprint density at radius 3 is 2.39 bits per heavy atom. The summed E-state index contributed by atoms with van der Waals surface area (Å²) in [5.41, 5.74) is 4.61. The first-order chi connectivity index (χ1) is 19.4. The molecule has 0 aliphatic carbocycles. The number of aliphatic hydroxyl groups is 1. The second kappa shape index (κ2) is 12.8. The van der Waals surface area contributed by atoms with E-state index in [1.807, 2.05) is 36.4 Å². The van der Waals surface area contributed by atoms with Gasteiger partial charge >= 0.3 is 5.97 Å². The van der Waals surface area contributed by atoms with Gasteiger partial charge in [-0.25, -0.2) is 5.43 Å². The third kappa shape index (κ3) is 7.12. The number of fused-ring (bicyclic) bond motifs is 4. The predicted molar refractivity (Wildman–Crippen MR) is 155 cm³/mol. The van der Waals surface area contributed by atoms with Gasteiger partial charge < -0.3 is 20.5 Å². The van der Waals surface area contributed by atoms with Crippen LogP contribution in [-0.4, -0.2) is 64.6 Å². The molecule has 10 heteroatoms. The summed E-state index contributed by atoms with van der Waals surface area (Å²) in [7, 11) is 0. The lowest BCUT2D eigenvalue weighted by atomic mass is 9.97. The summed E-state index contributed by atoms with van der Waals surface area (Å²) >= 11 is 0. The van der Waals surface area contributed by atoms with Crippen molar-refractivity contribution in [2.45, 2.75) is 77.8 Å². The molecule has 0 radical (unpaired) electrons. The molecule has 1 saturated heterocycles. The van der Waals surface area contributed by atoms with Gasteiger partial charge in [-0.3, -0.25) is 24.2 Å². The van der Waals surface area contributed by atoms with Crippen molar-refractivity contribution < 1.29 is 29.0 Å². The lowest BCUT2D eigenvalue weighted by molar-refractivity contribution is -0.157. The highest BCUT2D eigenvalue weighted by molar-refractivity contribution is 5.93. The lowest BCUT2D eigenvalue weighted by Crippen LogP contribution is -2.61. The van der Waals surface area contributed by atoms with Gasteiger partial charge in [-0.1, -0.05) is 50.3 Å². The molecule has 2 aromatic rings. The van der Waals surface area contributed by atoms with E-state index in [1.54, 1.807) is 39.8 Å². The summed E-state index contributed by atoms with van der Waals surface area (Å²) in [6.45, 7) is 8.84. The highest BCUT2D eigenvalue weighted by atomic mass is 16.5. The van der Waals surface area contributed by atoms with Crippen LogP contribution in [0.2, 0.25) is 0 Å². The molecule has 3 amide bonds. The second-order valence-corrected chi connectivity index (χ2v) is 11.3. The summed E-state index contributed by atoms with van der Waals surface area (Å²) in [5, 5.41) is 19.2. The van der Waals surface area contributed by atoms with Gasteiger partial charge in [0, 0.05) is 6.54 Å². The Morgan fingerprint density at radius 1 is 0.951 bits per heavy atom. The van der Waals surface area contributed by atoms with Crippen LogP contribution in [-0.2, 0) is 23.9 Å². The van der Waals surface area contributed by atoms with Crippen molar-refractivity contribution in [2.24, 2.45) is 11.8 Å². The molecule has 4 rings (SSSR count). The Labute approximate surface area is 240 Å². The van der Waals surface area contributed by atoms with Crippen molar-refractivity contribution in [3.8, 4) is 0 Å². The number of hydrazine groups is 1. The minimum absolute atomic E-state index is 0.287. The fourth-order valence-corrected chi connectivity index (χ4v) is 5.14. The van der Waals surface area contributed by atoms with Crippen LogP contribution in [0.25, 0.3) is 16.8 Å². The molecule has 2 heterocycles. The first-order valence-electron chi connectivity index (χ1n) is 14.2. The Bertz CT molecular complexity index is 1340. The average molecular weight is 565 g/mol. The number of esters is 1. The molecule has 4 N–H and O–H groups in total. The smallest absolute Gasteiger partial charge is 0.325 e. The number of benzene rings is 2. The molecule has 10 nitrogen and oxygen atoms in total. The number of carbonyl (C=O) groups excluding carboxylic acids is 4. The van der Waals surface area contributed by atoms with Crippen molar-refractivity contribution in [3.05, 3.63) is 53.6 Å². The molecule has 1 unspecified atom stereocenters. The fraction of sp³-hybridized carbons (Fsp3) is 0.484. The Balaban J connectivity index is 1.71. The zero-order valence-electron chi connectivity index (χ0n) is 24.2. The van der Waals surface area contributed by atoms with Crippen molar-refractivity contribution in [1.82, 2.24) is 21.1 Å². The molecular formula is C31H40N4O6. The minimum atomic E-state index is -1.01. The minimum Gasteiger partial charge on any atom is -0.457 e. The van der Waals surface area contributed by atoms with Gasteiger partial charge in [0.25, 0.3) is 5.91 Å². The Morgan fingerprint density at radius 2 is 1.68 bits per heavy atom. The molecule has 2 aliphatic rings. The van der Waals surface area contributed by atoms with E-state index in [9.17, 15) is 24.3 Å². The van der Waals surface area contributed by atoms with E-state index in [-0.39, 0.29) is 5.92 Å². The largest absolute Gasteiger partial charge is 0.457 e. The highest BCUT2D eigenvalue weighted by Crippen LogP contribution is 2.25. The fourth-order valence-electron chi connectivity index (χ4n) is 5.14. The maximum absolute atomic E-state index is 13.3. The van der Waals surface area contributed by atoms with Crippen molar-refractivity contribution in [2.75, 3.05) is 6.54 Å². The summed E-state index contributed by atoms with van der Waals surface area (Å²) in [4.78, 5) is 52.8. The van der Waals surface area contributed by atoms with E-state index in [0.29, 0.717) is 19.4 Å². The maximum Gasteiger partial charge on any atom is 0.325 e. The third-order valence-electron chi connectivity index (χ3n) is 7.68. The van der Waals surface area contributed by atoms with Crippen LogP contribution < -0.4 is 16.1 Å². The van der Waals surface area contributed by atoms with Crippen LogP contribution in [0, 0.1) is 11.8 Å². The molecular weight excluding hydrogens is 524 g/mol. The van der Waals surface area contributed by atoms with Crippen LogP contribution in [0.3, 0.4) is 0 Å². The number of nitrogens with zero attached hydrogens (tertiary/aromatic N) is 1. The number of nitrogens with one attached hydrogen (secondary N) is 3. The quantitative estimate of drug-likeness (QED) is 0.412. The lowest BCUT2D eigenvalue weighted by Gasteiger charge is -2.35. The summed E-state index contributed by atoms with van der Waals surface area (Å²) in [5.74, 6) is -3.07. The average Bonchev–Trinajstić information content (AvgIpc) is 2.94. The van der Waals surface area contributed by atoms with Crippen LogP contribution in [0.5, 0.6) is 0 Å². The van der Waals surface area contributed by atoms with E-state index in [2.05, 4.69) is 16.1 Å². The van der Waals surface area contributed by atoms with Gasteiger partial charge in [-0.05, 0) is 73.6 Å². The zero-order valence-corrected chi connectivity index (χ0v) is 24.2. The molecule has 41 heavy (non-hydrogen) atoms. The Kier molecular flexibility index (Phi) is 9.45. The molecule has 0 saturated carbocycles. The maximum atomic E-state index is 13.3. The van der Waals surface area contributed by atoms with Gasteiger partial charge in [-0.2, -0.15) is 0 Å². The van der Waals surface area contributed by atoms with Crippen LogP contribution in [0.15, 0.2) is 42.5 Å². The molecule has 220 valence electrons. The molecule has 2 aliphatic heterocycles. The van der Waals surface area contributed by atoms with E-state index < -0.39 is 59.9 Å². The number of hydrogen-bond donors (Lipinski definition) is 4. The van der Waals surface area contributed by atoms with Crippen molar-refractivity contribution >= 4 is 40.5 Å². The number of cyclic esters (lactones) is 1. The molecule has 6 atom stereocenters. The van der Waals surface area contributed by atoms with Gasteiger partial charge in [-0.15, -0.1) is 0 Å². The number of ether oxygens (including phenoxy) is 1. The highest BCUT2D eigenvalue weighted by Gasteiger charge is 2.34. The number of carbonyl (C=O) groups is 4. The number of aliphatic hydroxyl groups excluding tert-OH is 1. The summed E-state index contributed by atoms with van der Waals surface area (Å²) < 4.78 is 5.79. The molecule has 1 fully saturated rings. The van der Waals surface area contributed by atoms with Crippen molar-refractivity contribution in [3.63, 3.8) is 0 Å². The van der Waals surface area contributed by atoms with Crippen LogP contribution >= 0.6 is 0 Å². The summed E-state index contributed by atoms with van der Waals surface area (Å²) in [6, 6.07) is 9.12. The number of amides is 3. The zero-order chi connectivity index (χ0) is 29.8. The normalized spacial score (nSPS) is 27.4. The SMILES string of the molecule is CC(C)[C@@H]1NC(=O)C([C@H](C)O)C=Cc2ccc3ccc(cc3c2)[C@@H](C)OC(=O)[C@@H]2CCCN(N2)C(=O)[C@H](C)NC1=O. The van der Waals surface area contributed by atoms with Crippen LogP contribution in [0.1, 0.15) is 64.7 Å². The third-order valence-corrected chi connectivity index (χ3v) is 7.68. The first-order valence-corrected chi connectivity index (χ1v) is 14.2. The topological polar surface area (TPSA) is 137 Å². The monoisotopic (exact) mass is 564 g/mol. The van der Waals surface area contributed by atoms with Gasteiger partial charge in [0.15, 0.2) is 0 Å². The molecule has 5 bridgehead atoms. The standard InChI is InChI=1S/C31H40N4O6/c1-17(2)27-29(38)32-18(3)30(39)35-14-6-7-26(34-35)31(40)41-20(5)23-12-11-22-10-8-21(15-24(22)16-23)9-13-25(19(4)36)28(37)33-27/h8-13,15-20,25-27,34,36H,6-7,14H2,1-5H3,(H,32,38)(H,33,37)/t18-,19-,20+,25?,26-,27-/m0/s1. The second-order valence-electron chi connectivity index (χ2n) is 11.3.